The van der Waals surface area contributed by atoms with Crippen LogP contribution < -0.4 is 9.21 Å². The van der Waals surface area contributed by atoms with Gasteiger partial charge in [-0.15, -0.1) is 0 Å². The molecule has 0 N–H and O–H groups in total. The lowest BCUT2D eigenvalue weighted by Gasteiger charge is -2.21. The van der Waals surface area contributed by atoms with Crippen molar-refractivity contribution in [1.29, 1.82) is 0 Å². The molecule has 7 heteroatoms. The summed E-state index contributed by atoms with van der Waals surface area (Å²) in [6, 6.07) is 13.9. The zero-order valence-electron chi connectivity index (χ0n) is 15.7. The summed E-state index contributed by atoms with van der Waals surface area (Å²) in [4.78, 5) is 18.2. The fraction of sp³-hybridized carbons (Fsp3) is 0.200. The molecular weight excluding hydrogens is 362 g/mol. The van der Waals surface area contributed by atoms with E-state index in [-0.39, 0.29) is 16.3 Å². The SMILES string of the molecule is Cc1ccc(S(=O)(=O)N(C)c2nc3cc(N(C)C)ccc3cc2C=O)cc1. The van der Waals surface area contributed by atoms with Crippen molar-refractivity contribution in [2.45, 2.75) is 11.8 Å². The number of fused-ring (bicyclic) bond motifs is 1. The lowest BCUT2D eigenvalue weighted by molar-refractivity contribution is 0.112. The van der Waals surface area contributed by atoms with Crippen molar-refractivity contribution >= 4 is 38.7 Å². The molecule has 0 saturated carbocycles. The van der Waals surface area contributed by atoms with E-state index in [1.807, 2.05) is 44.1 Å². The molecule has 0 atom stereocenters. The van der Waals surface area contributed by atoms with Gasteiger partial charge in [-0.25, -0.2) is 13.4 Å². The van der Waals surface area contributed by atoms with Crippen LogP contribution in [0.25, 0.3) is 10.9 Å². The number of aryl methyl sites for hydroxylation is 1. The topological polar surface area (TPSA) is 70.6 Å². The normalized spacial score (nSPS) is 11.4. The van der Waals surface area contributed by atoms with E-state index in [1.165, 1.54) is 7.05 Å². The standard InChI is InChI=1S/C20H21N3O3S/c1-14-5-9-18(10-6-14)27(25,26)23(4)20-16(13-24)11-15-7-8-17(22(2)3)12-19(15)21-20/h5-13H,1-4H3. The molecule has 27 heavy (non-hydrogen) atoms. The number of aromatic nitrogens is 1. The fourth-order valence-corrected chi connectivity index (χ4v) is 3.93. The Morgan fingerprint density at radius 3 is 2.22 bits per heavy atom. The van der Waals surface area contributed by atoms with Gasteiger partial charge in [0.2, 0.25) is 0 Å². The quantitative estimate of drug-likeness (QED) is 0.633. The number of rotatable bonds is 5. The van der Waals surface area contributed by atoms with Gasteiger partial charge >= 0.3 is 0 Å². The van der Waals surface area contributed by atoms with E-state index in [0.29, 0.717) is 11.8 Å². The predicted molar refractivity (Wildman–Crippen MR) is 108 cm³/mol. The van der Waals surface area contributed by atoms with Gasteiger partial charge in [0.25, 0.3) is 10.0 Å². The molecule has 0 bridgehead atoms. The lowest BCUT2D eigenvalue weighted by atomic mass is 10.1. The van der Waals surface area contributed by atoms with Gasteiger partial charge in [0.05, 0.1) is 16.0 Å². The highest BCUT2D eigenvalue weighted by atomic mass is 32.2. The summed E-state index contributed by atoms with van der Waals surface area (Å²) in [6.07, 6.45) is 0.628. The van der Waals surface area contributed by atoms with E-state index in [4.69, 9.17) is 0 Å². The second-order valence-corrected chi connectivity index (χ2v) is 8.55. The molecule has 0 aliphatic carbocycles. The van der Waals surface area contributed by atoms with Crippen molar-refractivity contribution in [3.8, 4) is 0 Å². The van der Waals surface area contributed by atoms with Crippen LogP contribution in [0.15, 0.2) is 53.4 Å². The molecule has 0 fully saturated rings. The molecule has 3 rings (SSSR count). The van der Waals surface area contributed by atoms with Crippen molar-refractivity contribution in [1.82, 2.24) is 4.98 Å². The molecule has 0 spiro atoms. The summed E-state index contributed by atoms with van der Waals surface area (Å²) in [7, 11) is 1.40. The summed E-state index contributed by atoms with van der Waals surface area (Å²) in [6.45, 7) is 1.89. The largest absolute Gasteiger partial charge is 0.378 e. The lowest BCUT2D eigenvalue weighted by Crippen LogP contribution is -2.28. The maximum atomic E-state index is 13.0. The number of pyridine rings is 1. The summed E-state index contributed by atoms with van der Waals surface area (Å²) >= 11 is 0. The minimum Gasteiger partial charge on any atom is -0.378 e. The monoisotopic (exact) mass is 383 g/mol. The minimum atomic E-state index is -3.83. The average molecular weight is 383 g/mol. The second kappa shape index (κ2) is 7.00. The van der Waals surface area contributed by atoms with Crippen LogP contribution in [0.3, 0.4) is 0 Å². The van der Waals surface area contributed by atoms with E-state index in [2.05, 4.69) is 4.98 Å². The van der Waals surface area contributed by atoms with Crippen LogP contribution in [0.2, 0.25) is 0 Å². The Morgan fingerprint density at radius 1 is 0.963 bits per heavy atom. The Morgan fingerprint density at radius 2 is 1.63 bits per heavy atom. The van der Waals surface area contributed by atoms with E-state index in [0.717, 1.165) is 20.9 Å². The van der Waals surface area contributed by atoms with Crippen LogP contribution >= 0.6 is 0 Å². The molecule has 1 heterocycles. The number of aldehydes is 1. The van der Waals surface area contributed by atoms with Gasteiger partial charge in [0.15, 0.2) is 12.1 Å². The Balaban J connectivity index is 2.15. The first-order valence-electron chi connectivity index (χ1n) is 8.37. The summed E-state index contributed by atoms with van der Waals surface area (Å²) in [5.74, 6) is 0.106. The van der Waals surface area contributed by atoms with E-state index in [9.17, 15) is 13.2 Å². The Labute approximate surface area is 159 Å². The molecule has 0 saturated heterocycles. The highest BCUT2D eigenvalue weighted by molar-refractivity contribution is 7.92. The number of sulfonamides is 1. The van der Waals surface area contributed by atoms with Crippen LogP contribution in [0.4, 0.5) is 11.5 Å². The predicted octanol–water partition coefficient (Wildman–Crippen LogP) is 3.25. The van der Waals surface area contributed by atoms with Gasteiger partial charge in [-0.05, 0) is 37.3 Å². The first-order valence-corrected chi connectivity index (χ1v) is 9.81. The number of carbonyl (C=O) groups excluding carboxylic acids is 1. The average Bonchev–Trinajstić information content (AvgIpc) is 2.66. The van der Waals surface area contributed by atoms with Crippen LogP contribution in [0.5, 0.6) is 0 Å². The molecule has 6 nitrogen and oxygen atoms in total. The smallest absolute Gasteiger partial charge is 0.265 e. The zero-order chi connectivity index (χ0) is 19.8. The fourth-order valence-electron chi connectivity index (χ4n) is 2.76. The molecular formula is C20H21N3O3S. The molecule has 2 aromatic carbocycles. The van der Waals surface area contributed by atoms with Crippen molar-refractivity contribution < 1.29 is 13.2 Å². The maximum absolute atomic E-state index is 13.0. The molecule has 0 unspecified atom stereocenters. The van der Waals surface area contributed by atoms with Gasteiger partial charge in [-0.1, -0.05) is 23.8 Å². The number of benzene rings is 2. The summed E-state index contributed by atoms with van der Waals surface area (Å²) < 4.78 is 27.0. The van der Waals surface area contributed by atoms with Gasteiger partial charge in [0, 0.05) is 32.2 Å². The van der Waals surface area contributed by atoms with Gasteiger partial charge < -0.3 is 4.90 Å². The van der Waals surface area contributed by atoms with Crippen LogP contribution in [0, 0.1) is 6.92 Å². The first kappa shape index (κ1) is 18.8. The highest BCUT2D eigenvalue weighted by Crippen LogP contribution is 2.28. The third kappa shape index (κ3) is 3.50. The van der Waals surface area contributed by atoms with Crippen molar-refractivity contribution in [2.75, 3.05) is 30.3 Å². The third-order valence-corrected chi connectivity index (χ3v) is 6.19. The Bertz CT molecular complexity index is 1110. The molecule has 1 aromatic heterocycles. The molecule has 0 aliphatic heterocycles. The van der Waals surface area contributed by atoms with E-state index in [1.54, 1.807) is 30.3 Å². The van der Waals surface area contributed by atoms with Crippen molar-refractivity contribution in [3.05, 3.63) is 59.7 Å². The molecule has 140 valence electrons. The van der Waals surface area contributed by atoms with Gasteiger partial charge in [0.1, 0.15) is 0 Å². The summed E-state index contributed by atoms with van der Waals surface area (Å²) in [5.41, 5.74) is 2.74. The maximum Gasteiger partial charge on any atom is 0.265 e. The number of anilines is 2. The van der Waals surface area contributed by atoms with Gasteiger partial charge in [-0.2, -0.15) is 0 Å². The van der Waals surface area contributed by atoms with E-state index >= 15 is 0 Å². The molecule has 0 aliphatic rings. The van der Waals surface area contributed by atoms with Gasteiger partial charge in [-0.3, -0.25) is 9.10 Å². The number of hydrogen-bond donors (Lipinski definition) is 0. The van der Waals surface area contributed by atoms with E-state index < -0.39 is 10.0 Å². The molecule has 0 amide bonds. The first-order chi connectivity index (χ1) is 12.7. The molecule has 3 aromatic rings. The number of carbonyl (C=O) groups is 1. The van der Waals surface area contributed by atoms with Crippen LogP contribution in [-0.2, 0) is 10.0 Å². The Kier molecular flexibility index (Phi) is 4.89. The third-order valence-electron chi connectivity index (χ3n) is 4.43. The zero-order valence-corrected chi connectivity index (χ0v) is 16.5. The number of hydrogen-bond acceptors (Lipinski definition) is 5. The molecule has 0 radical (unpaired) electrons. The second-order valence-electron chi connectivity index (χ2n) is 6.58. The van der Waals surface area contributed by atoms with Crippen LogP contribution in [0.1, 0.15) is 15.9 Å². The highest BCUT2D eigenvalue weighted by Gasteiger charge is 2.25. The summed E-state index contributed by atoms with van der Waals surface area (Å²) in [5, 5.41) is 0.771. The minimum absolute atomic E-state index is 0.106. The van der Waals surface area contributed by atoms with Crippen molar-refractivity contribution in [3.63, 3.8) is 0 Å². The van der Waals surface area contributed by atoms with Crippen molar-refractivity contribution in [2.24, 2.45) is 0 Å². The number of nitrogens with zero attached hydrogens (tertiary/aromatic N) is 3. The Hall–Kier alpha value is -2.93. The van der Waals surface area contributed by atoms with Crippen LogP contribution in [-0.4, -0.2) is 40.8 Å².